The molecule has 0 radical (unpaired) electrons. The molecule has 0 aromatic rings. The highest BCUT2D eigenvalue weighted by Gasteiger charge is 1.98. The fourth-order valence-electron chi connectivity index (χ4n) is 1.34. The van der Waals surface area contributed by atoms with Gasteiger partial charge in [-0.2, -0.15) is 0 Å². The maximum atomic E-state index is 5.69. The van der Waals surface area contributed by atoms with Crippen LogP contribution in [0.1, 0.15) is 20.8 Å². The summed E-state index contributed by atoms with van der Waals surface area (Å²) in [6.45, 7) is 17.4. The van der Waals surface area contributed by atoms with Crippen molar-refractivity contribution in [2.75, 3.05) is 0 Å². The number of hydrogen-bond donors (Lipinski definition) is 1. The van der Waals surface area contributed by atoms with Crippen LogP contribution in [0, 0.1) is 0 Å². The summed E-state index contributed by atoms with van der Waals surface area (Å²) in [6.07, 6.45) is 11.6. The summed E-state index contributed by atoms with van der Waals surface area (Å²) in [7, 11) is 0. The molecule has 1 nitrogen and oxygen atoms in total. The van der Waals surface area contributed by atoms with E-state index in [2.05, 4.69) is 19.7 Å². The lowest BCUT2D eigenvalue weighted by molar-refractivity contribution is 1.32. The lowest BCUT2D eigenvalue weighted by Gasteiger charge is -2.05. The molecule has 0 heterocycles. The molecule has 0 spiro atoms. The van der Waals surface area contributed by atoms with Crippen LogP contribution < -0.4 is 5.73 Å². The Hall–Kier alpha value is -2.02. The Labute approximate surface area is 111 Å². The van der Waals surface area contributed by atoms with Crippen molar-refractivity contribution in [2.24, 2.45) is 5.73 Å². The molecular weight excluding hydrogens is 218 g/mol. The van der Waals surface area contributed by atoms with Crippen LogP contribution in [0.25, 0.3) is 0 Å². The number of allylic oxidation sites excluding steroid dienone is 9. The Morgan fingerprint density at radius 3 is 2.17 bits per heavy atom. The van der Waals surface area contributed by atoms with Gasteiger partial charge in [0.15, 0.2) is 0 Å². The third kappa shape index (κ3) is 5.90. The molecule has 0 fully saturated rings. The molecule has 0 aliphatic carbocycles. The van der Waals surface area contributed by atoms with Crippen LogP contribution in [0.15, 0.2) is 84.2 Å². The molecule has 0 amide bonds. The van der Waals surface area contributed by atoms with Gasteiger partial charge >= 0.3 is 0 Å². The van der Waals surface area contributed by atoms with E-state index in [0.717, 1.165) is 22.3 Å². The highest BCUT2D eigenvalue weighted by molar-refractivity contribution is 5.47. The zero-order chi connectivity index (χ0) is 14.1. The predicted molar refractivity (Wildman–Crippen MR) is 83.1 cm³/mol. The fourth-order valence-corrected chi connectivity index (χ4v) is 1.34. The third-order valence-electron chi connectivity index (χ3n) is 2.46. The molecule has 0 aromatic carbocycles. The van der Waals surface area contributed by atoms with Crippen LogP contribution in [-0.4, -0.2) is 0 Å². The second-order valence-electron chi connectivity index (χ2n) is 4.11. The van der Waals surface area contributed by atoms with E-state index < -0.39 is 0 Å². The zero-order valence-corrected chi connectivity index (χ0v) is 11.7. The highest BCUT2D eigenvalue weighted by Crippen LogP contribution is 2.16. The first-order valence-electron chi connectivity index (χ1n) is 5.88. The van der Waals surface area contributed by atoms with Crippen molar-refractivity contribution in [3.8, 4) is 0 Å². The Kier molecular flexibility index (Phi) is 7.22. The summed E-state index contributed by atoms with van der Waals surface area (Å²) in [5.41, 5.74) is 10.3. The Morgan fingerprint density at radius 1 is 1.11 bits per heavy atom. The largest absolute Gasteiger partial charge is 0.399 e. The van der Waals surface area contributed by atoms with Crippen molar-refractivity contribution in [2.45, 2.75) is 20.8 Å². The maximum absolute atomic E-state index is 5.69. The van der Waals surface area contributed by atoms with Crippen LogP contribution in [0.4, 0.5) is 0 Å². The zero-order valence-electron chi connectivity index (χ0n) is 11.7. The topological polar surface area (TPSA) is 26.0 Å². The molecule has 1 heteroatoms. The van der Waals surface area contributed by atoms with E-state index in [-0.39, 0.29) is 0 Å². The first kappa shape index (κ1) is 16.0. The van der Waals surface area contributed by atoms with Gasteiger partial charge < -0.3 is 5.73 Å². The SMILES string of the molecule is C=C/C=C\C(C)=C/C(=C)/C(C)=C/C(=C\C)C(=C)N. The van der Waals surface area contributed by atoms with Crippen LogP contribution in [-0.2, 0) is 0 Å². The van der Waals surface area contributed by atoms with Gasteiger partial charge in [0.2, 0.25) is 0 Å². The molecule has 0 unspecified atom stereocenters. The predicted octanol–water partition coefficient (Wildman–Crippen LogP) is 4.60. The average Bonchev–Trinajstić information content (AvgIpc) is 2.32. The van der Waals surface area contributed by atoms with E-state index in [0.29, 0.717) is 5.70 Å². The second kappa shape index (κ2) is 8.13. The summed E-state index contributed by atoms with van der Waals surface area (Å²) in [6, 6.07) is 0. The molecule has 0 saturated carbocycles. The molecule has 0 rings (SSSR count). The molecule has 2 N–H and O–H groups in total. The molecule has 0 aliphatic rings. The van der Waals surface area contributed by atoms with Gasteiger partial charge in [0.05, 0.1) is 0 Å². The Balaban J connectivity index is 5.01. The number of rotatable bonds is 6. The molecule has 0 saturated heterocycles. The van der Waals surface area contributed by atoms with E-state index in [4.69, 9.17) is 5.73 Å². The van der Waals surface area contributed by atoms with Crippen molar-refractivity contribution in [1.29, 1.82) is 0 Å². The molecule has 96 valence electrons. The molecular formula is C17H23N. The quantitative estimate of drug-likeness (QED) is 0.676. The minimum atomic E-state index is 0.567. The Morgan fingerprint density at radius 2 is 1.72 bits per heavy atom. The fraction of sp³-hybridized carbons (Fsp3) is 0.176. The molecule has 0 atom stereocenters. The molecule has 0 aromatic heterocycles. The summed E-state index contributed by atoms with van der Waals surface area (Å²) in [5, 5.41) is 0. The smallest absolute Gasteiger partial charge is 0.0311 e. The third-order valence-corrected chi connectivity index (χ3v) is 2.46. The van der Waals surface area contributed by atoms with E-state index in [1.54, 1.807) is 6.08 Å². The normalized spacial score (nSPS) is 13.8. The van der Waals surface area contributed by atoms with Gasteiger partial charge in [-0.3, -0.25) is 0 Å². The van der Waals surface area contributed by atoms with E-state index >= 15 is 0 Å². The minimum Gasteiger partial charge on any atom is -0.399 e. The van der Waals surface area contributed by atoms with Gasteiger partial charge in [0.25, 0.3) is 0 Å². The second-order valence-corrected chi connectivity index (χ2v) is 4.11. The van der Waals surface area contributed by atoms with Gasteiger partial charge in [-0.05, 0) is 43.6 Å². The monoisotopic (exact) mass is 241 g/mol. The lowest BCUT2D eigenvalue weighted by atomic mass is 10.0. The van der Waals surface area contributed by atoms with Crippen molar-refractivity contribution >= 4 is 0 Å². The van der Waals surface area contributed by atoms with Crippen LogP contribution in [0.2, 0.25) is 0 Å². The summed E-state index contributed by atoms with van der Waals surface area (Å²) in [5.74, 6) is 0. The van der Waals surface area contributed by atoms with Crippen LogP contribution in [0.3, 0.4) is 0 Å². The van der Waals surface area contributed by atoms with Gasteiger partial charge in [-0.1, -0.05) is 55.7 Å². The van der Waals surface area contributed by atoms with Crippen molar-refractivity contribution < 1.29 is 0 Å². The summed E-state index contributed by atoms with van der Waals surface area (Å²) < 4.78 is 0. The molecule has 18 heavy (non-hydrogen) atoms. The van der Waals surface area contributed by atoms with Crippen molar-refractivity contribution in [1.82, 2.24) is 0 Å². The van der Waals surface area contributed by atoms with Crippen LogP contribution in [0.5, 0.6) is 0 Å². The maximum Gasteiger partial charge on any atom is 0.0311 e. The summed E-state index contributed by atoms with van der Waals surface area (Å²) in [4.78, 5) is 0. The van der Waals surface area contributed by atoms with Crippen molar-refractivity contribution in [3.05, 3.63) is 84.2 Å². The Bertz CT molecular complexity index is 454. The van der Waals surface area contributed by atoms with E-state index in [9.17, 15) is 0 Å². The van der Waals surface area contributed by atoms with Crippen LogP contribution >= 0.6 is 0 Å². The van der Waals surface area contributed by atoms with E-state index in [1.807, 2.05) is 51.2 Å². The van der Waals surface area contributed by atoms with Gasteiger partial charge in [-0.25, -0.2) is 0 Å². The standard InChI is InChI=1S/C17H23N/c1-7-9-10-13(3)11-14(4)15(5)12-17(8-2)16(6)18/h7-12H,1,4,6,18H2,2-3,5H3/b10-9-,13-11-,15-12+,17-8+. The number of nitrogens with two attached hydrogens (primary N) is 1. The first-order valence-corrected chi connectivity index (χ1v) is 5.88. The van der Waals surface area contributed by atoms with Gasteiger partial charge in [0.1, 0.15) is 0 Å². The van der Waals surface area contributed by atoms with Gasteiger partial charge in [0, 0.05) is 5.70 Å². The van der Waals surface area contributed by atoms with Gasteiger partial charge in [-0.15, -0.1) is 0 Å². The first-order chi connectivity index (χ1) is 8.42. The molecule has 0 bridgehead atoms. The minimum absolute atomic E-state index is 0.567. The summed E-state index contributed by atoms with van der Waals surface area (Å²) >= 11 is 0. The van der Waals surface area contributed by atoms with E-state index in [1.165, 1.54) is 0 Å². The average molecular weight is 241 g/mol. The highest BCUT2D eigenvalue weighted by atomic mass is 14.6. The number of hydrogen-bond acceptors (Lipinski definition) is 1. The lowest BCUT2D eigenvalue weighted by Crippen LogP contribution is -1.97. The molecule has 0 aliphatic heterocycles. The van der Waals surface area contributed by atoms with Crippen molar-refractivity contribution in [3.63, 3.8) is 0 Å².